The average molecular weight is 216 g/mol. The molecule has 0 aliphatic rings. The van der Waals surface area contributed by atoms with Crippen molar-refractivity contribution < 1.29 is 9.53 Å². The molecule has 15 heavy (non-hydrogen) atoms. The summed E-state index contributed by atoms with van der Waals surface area (Å²) in [6.07, 6.45) is 0. The number of methoxy groups -OCH3 is 1. The van der Waals surface area contributed by atoms with Gasteiger partial charge in [0, 0.05) is 13.1 Å². The number of esters is 1. The Morgan fingerprint density at radius 1 is 1.27 bits per heavy atom. The lowest BCUT2D eigenvalue weighted by atomic mass is 9.95. The number of carbonyl (C=O) groups is 1. The molecule has 0 aromatic carbocycles. The Morgan fingerprint density at radius 3 is 2.07 bits per heavy atom. The number of nitrogens with zero attached hydrogens (tertiary/aromatic N) is 1. The standard InChI is InChI=1S/C11H24N2O2/c1-10(2,3)7-13(5)8-11(4,12)9(14)15-6/h7-8,12H2,1-6H3. The molecular weight excluding hydrogens is 192 g/mol. The van der Waals surface area contributed by atoms with Gasteiger partial charge in [-0.3, -0.25) is 4.79 Å². The number of nitrogens with two attached hydrogens (primary N) is 1. The first-order chi connectivity index (χ1) is 6.58. The molecule has 4 heteroatoms. The van der Waals surface area contributed by atoms with Gasteiger partial charge in [0.05, 0.1) is 7.11 Å². The van der Waals surface area contributed by atoms with Crippen molar-refractivity contribution in [2.75, 3.05) is 27.2 Å². The van der Waals surface area contributed by atoms with Crippen molar-refractivity contribution in [2.45, 2.75) is 33.2 Å². The van der Waals surface area contributed by atoms with Crippen LogP contribution in [0.2, 0.25) is 0 Å². The second kappa shape index (κ2) is 4.94. The monoisotopic (exact) mass is 216 g/mol. The summed E-state index contributed by atoms with van der Waals surface area (Å²) >= 11 is 0. The maximum absolute atomic E-state index is 11.4. The van der Waals surface area contributed by atoms with Crippen LogP contribution >= 0.6 is 0 Å². The third-order valence-electron chi connectivity index (χ3n) is 1.99. The second-order valence-electron chi connectivity index (χ2n) is 5.64. The molecule has 0 aromatic rings. The van der Waals surface area contributed by atoms with Crippen LogP contribution in [0, 0.1) is 5.41 Å². The van der Waals surface area contributed by atoms with E-state index in [2.05, 4.69) is 30.4 Å². The van der Waals surface area contributed by atoms with Gasteiger partial charge in [-0.1, -0.05) is 20.8 Å². The number of hydrogen-bond donors (Lipinski definition) is 1. The van der Waals surface area contributed by atoms with E-state index in [9.17, 15) is 4.79 Å². The molecule has 0 bridgehead atoms. The van der Waals surface area contributed by atoms with Crippen LogP contribution in [0.5, 0.6) is 0 Å². The lowest BCUT2D eigenvalue weighted by molar-refractivity contribution is -0.147. The van der Waals surface area contributed by atoms with E-state index in [0.29, 0.717) is 6.54 Å². The molecule has 0 amide bonds. The molecule has 0 fully saturated rings. The van der Waals surface area contributed by atoms with E-state index >= 15 is 0 Å². The molecule has 0 radical (unpaired) electrons. The first-order valence-electron chi connectivity index (χ1n) is 5.14. The van der Waals surface area contributed by atoms with E-state index in [0.717, 1.165) is 6.54 Å². The maximum atomic E-state index is 11.4. The van der Waals surface area contributed by atoms with E-state index in [1.165, 1.54) is 7.11 Å². The molecule has 0 aromatic heterocycles. The molecule has 0 saturated carbocycles. The van der Waals surface area contributed by atoms with Crippen LogP contribution in [0.1, 0.15) is 27.7 Å². The van der Waals surface area contributed by atoms with Crippen LogP contribution in [-0.2, 0) is 9.53 Å². The summed E-state index contributed by atoms with van der Waals surface area (Å²) in [4.78, 5) is 13.4. The zero-order valence-corrected chi connectivity index (χ0v) is 10.8. The Morgan fingerprint density at radius 2 is 1.73 bits per heavy atom. The SMILES string of the molecule is COC(=O)C(C)(N)CN(C)CC(C)(C)C. The fourth-order valence-corrected chi connectivity index (χ4v) is 1.72. The Kier molecular flexibility index (Phi) is 4.74. The number of likely N-dealkylation sites (N-methyl/N-ethyl adjacent to an activating group) is 1. The number of ether oxygens (including phenoxy) is 1. The molecule has 4 nitrogen and oxygen atoms in total. The van der Waals surface area contributed by atoms with Crippen LogP contribution < -0.4 is 5.73 Å². The molecule has 2 N–H and O–H groups in total. The van der Waals surface area contributed by atoms with Gasteiger partial charge in [-0.2, -0.15) is 0 Å². The first kappa shape index (κ1) is 14.4. The average Bonchev–Trinajstić information content (AvgIpc) is 1.97. The normalized spacial score (nSPS) is 16.3. The van der Waals surface area contributed by atoms with Crippen molar-refractivity contribution in [3.8, 4) is 0 Å². The highest BCUT2D eigenvalue weighted by Gasteiger charge is 2.31. The van der Waals surface area contributed by atoms with Crippen molar-refractivity contribution in [1.82, 2.24) is 4.90 Å². The Hall–Kier alpha value is -0.610. The summed E-state index contributed by atoms with van der Waals surface area (Å²) in [5.41, 5.74) is 5.13. The number of carbonyl (C=O) groups excluding carboxylic acids is 1. The number of hydrogen-bond acceptors (Lipinski definition) is 4. The van der Waals surface area contributed by atoms with Crippen molar-refractivity contribution in [1.29, 1.82) is 0 Å². The van der Waals surface area contributed by atoms with Crippen LogP contribution in [0.4, 0.5) is 0 Å². The van der Waals surface area contributed by atoms with Gasteiger partial charge in [0.25, 0.3) is 0 Å². The minimum absolute atomic E-state index is 0.195. The fourth-order valence-electron chi connectivity index (χ4n) is 1.72. The molecule has 0 heterocycles. The van der Waals surface area contributed by atoms with Gasteiger partial charge >= 0.3 is 5.97 Å². The molecule has 0 saturated heterocycles. The van der Waals surface area contributed by atoms with Crippen molar-refractivity contribution in [3.63, 3.8) is 0 Å². The topological polar surface area (TPSA) is 55.6 Å². The smallest absolute Gasteiger partial charge is 0.326 e. The molecular formula is C11H24N2O2. The van der Waals surface area contributed by atoms with Gasteiger partial charge in [0.1, 0.15) is 5.54 Å². The minimum atomic E-state index is -0.936. The molecule has 0 aliphatic heterocycles. The highest BCUT2D eigenvalue weighted by Crippen LogP contribution is 2.15. The summed E-state index contributed by atoms with van der Waals surface area (Å²) in [6.45, 7) is 9.52. The molecule has 90 valence electrons. The quantitative estimate of drug-likeness (QED) is 0.708. The Balaban J connectivity index is 4.28. The van der Waals surface area contributed by atoms with E-state index < -0.39 is 5.54 Å². The van der Waals surface area contributed by atoms with Crippen molar-refractivity contribution in [2.24, 2.45) is 11.1 Å². The summed E-state index contributed by atoms with van der Waals surface area (Å²) in [7, 11) is 3.32. The Labute approximate surface area is 92.8 Å². The third-order valence-corrected chi connectivity index (χ3v) is 1.99. The van der Waals surface area contributed by atoms with Crippen LogP contribution in [0.3, 0.4) is 0 Å². The van der Waals surface area contributed by atoms with Gasteiger partial charge in [-0.05, 0) is 19.4 Å². The van der Waals surface area contributed by atoms with Crippen LogP contribution in [-0.4, -0.2) is 43.7 Å². The summed E-state index contributed by atoms with van der Waals surface area (Å²) in [5, 5.41) is 0. The maximum Gasteiger partial charge on any atom is 0.326 e. The van der Waals surface area contributed by atoms with E-state index in [-0.39, 0.29) is 11.4 Å². The van der Waals surface area contributed by atoms with Crippen molar-refractivity contribution in [3.05, 3.63) is 0 Å². The predicted molar refractivity (Wildman–Crippen MR) is 61.6 cm³/mol. The van der Waals surface area contributed by atoms with Crippen molar-refractivity contribution >= 4 is 5.97 Å². The van der Waals surface area contributed by atoms with E-state index in [1.807, 2.05) is 7.05 Å². The summed E-state index contributed by atoms with van der Waals surface area (Å²) in [5.74, 6) is -0.372. The van der Waals surface area contributed by atoms with Crippen LogP contribution in [0.15, 0.2) is 0 Å². The zero-order chi connectivity index (χ0) is 12.3. The molecule has 0 rings (SSSR count). The minimum Gasteiger partial charge on any atom is -0.468 e. The van der Waals surface area contributed by atoms with E-state index in [1.54, 1.807) is 6.92 Å². The highest BCUT2D eigenvalue weighted by molar-refractivity contribution is 5.80. The first-order valence-corrected chi connectivity index (χ1v) is 5.14. The fraction of sp³-hybridized carbons (Fsp3) is 0.909. The lowest BCUT2D eigenvalue weighted by Gasteiger charge is -2.32. The largest absolute Gasteiger partial charge is 0.468 e. The molecule has 1 unspecified atom stereocenters. The third kappa shape index (κ3) is 5.74. The van der Waals surface area contributed by atoms with Gasteiger partial charge in [-0.15, -0.1) is 0 Å². The zero-order valence-electron chi connectivity index (χ0n) is 10.8. The summed E-state index contributed by atoms with van der Waals surface area (Å²) in [6, 6.07) is 0. The van der Waals surface area contributed by atoms with Crippen LogP contribution in [0.25, 0.3) is 0 Å². The molecule has 0 aliphatic carbocycles. The molecule has 0 spiro atoms. The van der Waals surface area contributed by atoms with Gasteiger partial charge in [-0.25, -0.2) is 0 Å². The van der Waals surface area contributed by atoms with Gasteiger partial charge < -0.3 is 15.4 Å². The lowest BCUT2D eigenvalue weighted by Crippen LogP contribution is -2.54. The molecule has 1 atom stereocenters. The summed E-state index contributed by atoms with van der Waals surface area (Å²) < 4.78 is 4.66. The predicted octanol–water partition coefficient (Wildman–Crippen LogP) is 0.855. The van der Waals surface area contributed by atoms with Gasteiger partial charge in [0.15, 0.2) is 0 Å². The number of rotatable bonds is 4. The Bertz CT molecular complexity index is 219. The van der Waals surface area contributed by atoms with Gasteiger partial charge in [0.2, 0.25) is 0 Å². The van der Waals surface area contributed by atoms with E-state index in [4.69, 9.17) is 5.73 Å². The second-order valence-corrected chi connectivity index (χ2v) is 5.64. The highest BCUT2D eigenvalue weighted by atomic mass is 16.5.